The number of hydrogen-bond acceptors (Lipinski definition) is 4. The summed E-state index contributed by atoms with van der Waals surface area (Å²) in [6, 6.07) is 15.7. The zero-order chi connectivity index (χ0) is 23.1. The average Bonchev–Trinajstić information content (AvgIpc) is 2.85. The highest BCUT2D eigenvalue weighted by Crippen LogP contribution is 2.39. The van der Waals surface area contributed by atoms with E-state index in [9.17, 15) is 9.59 Å². The van der Waals surface area contributed by atoms with Crippen LogP contribution in [0.3, 0.4) is 0 Å². The maximum atomic E-state index is 12.3. The number of nitrogens with one attached hydrogen (secondary N) is 2. The van der Waals surface area contributed by atoms with E-state index < -0.39 is 0 Å². The molecule has 7 rings (SSSR count). The number of pyridine rings is 1. The Labute approximate surface area is 201 Å². The minimum Gasteiger partial charge on any atom is -0.336 e. The number of hydrogen-bond donors (Lipinski definition) is 2. The van der Waals surface area contributed by atoms with Crippen LogP contribution in [0.1, 0.15) is 30.9 Å². The van der Waals surface area contributed by atoms with E-state index in [1.54, 1.807) is 6.07 Å². The molecular weight excluding hydrogens is 426 g/mol. The molecule has 2 N–H and O–H groups in total. The topological polar surface area (TPSA) is 69.6 Å². The van der Waals surface area contributed by atoms with Crippen LogP contribution in [0, 0.1) is 17.8 Å². The Morgan fingerprint density at radius 1 is 0.971 bits per heavy atom. The molecule has 0 spiro atoms. The van der Waals surface area contributed by atoms with Gasteiger partial charge in [0.25, 0.3) is 5.56 Å². The normalized spacial score (nSPS) is 32.1. The van der Waals surface area contributed by atoms with E-state index in [0.29, 0.717) is 30.3 Å². The second-order valence-electron chi connectivity index (χ2n) is 10.8. The number of nitrogens with zero attached hydrogens (tertiary/aromatic N) is 3. The van der Waals surface area contributed by atoms with Crippen LogP contribution in [0.15, 0.2) is 53.3 Å². The summed E-state index contributed by atoms with van der Waals surface area (Å²) in [5.74, 6) is 2.53. The lowest BCUT2D eigenvalue weighted by atomic mass is 9.74. The third kappa shape index (κ3) is 4.39. The van der Waals surface area contributed by atoms with Crippen molar-refractivity contribution in [1.29, 1.82) is 0 Å². The highest BCUT2D eigenvalue weighted by Gasteiger charge is 2.42. The Morgan fingerprint density at radius 2 is 1.85 bits per heavy atom. The number of anilines is 1. The highest BCUT2D eigenvalue weighted by molar-refractivity contribution is 5.89. The molecule has 1 unspecified atom stereocenters. The molecule has 1 aromatic carbocycles. The van der Waals surface area contributed by atoms with E-state index >= 15 is 0 Å². The number of aromatic nitrogens is 1. The van der Waals surface area contributed by atoms with Crippen molar-refractivity contribution in [1.82, 2.24) is 19.7 Å². The molecule has 6 heterocycles. The van der Waals surface area contributed by atoms with Crippen molar-refractivity contribution in [3.63, 3.8) is 0 Å². The van der Waals surface area contributed by atoms with Gasteiger partial charge >= 0.3 is 6.03 Å². The lowest BCUT2D eigenvalue weighted by Gasteiger charge is -2.52. The number of piperidine rings is 4. The molecule has 2 aromatic rings. The van der Waals surface area contributed by atoms with Crippen molar-refractivity contribution in [2.75, 3.05) is 44.6 Å². The molecule has 0 aliphatic carbocycles. The zero-order valence-electron chi connectivity index (χ0n) is 19.7. The minimum absolute atomic E-state index is 0.121. The Hall–Kier alpha value is -2.64. The van der Waals surface area contributed by atoms with Gasteiger partial charge in [-0.25, -0.2) is 4.79 Å². The molecule has 4 saturated heterocycles. The SMILES string of the molecule is O=C(NC[C@H]1C[C@@H]2CCN1C[C@@H]2CN1C[C@@H]2C[C@H](C1)c1cccc(=O)n1C2)Nc1ccccc1. The largest absolute Gasteiger partial charge is 0.336 e. The van der Waals surface area contributed by atoms with Gasteiger partial charge in [0.1, 0.15) is 0 Å². The van der Waals surface area contributed by atoms with Crippen molar-refractivity contribution < 1.29 is 4.79 Å². The van der Waals surface area contributed by atoms with Crippen LogP contribution in [0.5, 0.6) is 0 Å². The lowest BCUT2D eigenvalue weighted by molar-refractivity contribution is -0.0192. The minimum atomic E-state index is -0.121. The maximum Gasteiger partial charge on any atom is 0.319 e. The molecule has 0 radical (unpaired) electrons. The molecule has 7 nitrogen and oxygen atoms in total. The summed E-state index contributed by atoms with van der Waals surface area (Å²) >= 11 is 0. The first-order chi connectivity index (χ1) is 16.6. The summed E-state index contributed by atoms with van der Waals surface area (Å²) in [6.07, 6.45) is 3.67. The monoisotopic (exact) mass is 461 g/mol. The molecule has 6 atom stereocenters. The third-order valence-electron chi connectivity index (χ3n) is 8.59. The number of urea groups is 1. The number of fused-ring (bicyclic) bond motifs is 7. The van der Waals surface area contributed by atoms with Crippen molar-refractivity contribution in [2.45, 2.75) is 37.8 Å². The summed E-state index contributed by atoms with van der Waals surface area (Å²) in [7, 11) is 0. The summed E-state index contributed by atoms with van der Waals surface area (Å²) in [6.45, 7) is 7.23. The fraction of sp³-hybridized carbons (Fsp3) is 0.556. The van der Waals surface area contributed by atoms with E-state index in [1.165, 1.54) is 31.5 Å². The van der Waals surface area contributed by atoms with Crippen LogP contribution < -0.4 is 16.2 Å². The standard InChI is InChI=1S/C27H35N5O2/c33-26-8-4-7-25-21-11-19(15-32(25)26)14-30(16-21)17-22-18-31-10-9-20(22)12-24(31)13-28-27(34)29-23-5-2-1-3-6-23/h1-8,19-22,24H,9-18H2,(H2,28,29,34)/t19-,20-,21+,22-,24+/m0/s1. The molecule has 180 valence electrons. The van der Waals surface area contributed by atoms with Crippen LogP contribution in [0.25, 0.3) is 0 Å². The molecule has 4 fully saturated rings. The number of amides is 2. The number of para-hydroxylation sites is 1. The third-order valence-corrected chi connectivity index (χ3v) is 8.59. The quantitative estimate of drug-likeness (QED) is 0.719. The summed E-state index contributed by atoms with van der Waals surface area (Å²) in [5.41, 5.74) is 2.22. The predicted molar refractivity (Wildman–Crippen MR) is 133 cm³/mol. The Balaban J connectivity index is 1.02. The van der Waals surface area contributed by atoms with Gasteiger partial charge in [0.05, 0.1) is 0 Å². The van der Waals surface area contributed by atoms with E-state index in [2.05, 4.69) is 26.5 Å². The smallest absolute Gasteiger partial charge is 0.319 e. The molecule has 7 heteroatoms. The summed E-state index contributed by atoms with van der Waals surface area (Å²) in [4.78, 5) is 29.9. The molecule has 5 aliphatic rings. The average molecular weight is 462 g/mol. The fourth-order valence-electron chi connectivity index (χ4n) is 7.05. The van der Waals surface area contributed by atoms with E-state index in [4.69, 9.17) is 0 Å². The van der Waals surface area contributed by atoms with Crippen LogP contribution in [0.2, 0.25) is 0 Å². The van der Waals surface area contributed by atoms with Gasteiger partial charge in [-0.05, 0) is 61.8 Å². The molecular formula is C27H35N5O2. The van der Waals surface area contributed by atoms with Gasteiger partial charge in [0.2, 0.25) is 0 Å². The summed E-state index contributed by atoms with van der Waals surface area (Å²) in [5, 5.41) is 6.01. The Kier molecular flexibility index (Phi) is 5.91. The second kappa shape index (κ2) is 9.19. The lowest BCUT2D eigenvalue weighted by Crippen LogP contribution is -2.59. The predicted octanol–water partition coefficient (Wildman–Crippen LogP) is 2.80. The van der Waals surface area contributed by atoms with E-state index in [-0.39, 0.29) is 11.6 Å². The molecule has 34 heavy (non-hydrogen) atoms. The zero-order valence-corrected chi connectivity index (χ0v) is 19.7. The number of rotatable bonds is 5. The molecule has 1 aromatic heterocycles. The Bertz CT molecular complexity index is 1090. The van der Waals surface area contributed by atoms with Gasteiger partial charge in [0.15, 0.2) is 0 Å². The van der Waals surface area contributed by atoms with Crippen molar-refractivity contribution in [3.05, 3.63) is 64.6 Å². The fourth-order valence-corrected chi connectivity index (χ4v) is 7.05. The molecule has 4 bridgehead atoms. The van der Waals surface area contributed by atoms with Gasteiger partial charge in [-0.1, -0.05) is 24.3 Å². The van der Waals surface area contributed by atoms with Crippen molar-refractivity contribution in [3.8, 4) is 0 Å². The highest BCUT2D eigenvalue weighted by atomic mass is 16.2. The van der Waals surface area contributed by atoms with Gasteiger partial charge in [-0.3, -0.25) is 9.69 Å². The van der Waals surface area contributed by atoms with Crippen molar-refractivity contribution in [2.24, 2.45) is 17.8 Å². The molecule has 5 aliphatic heterocycles. The first-order valence-corrected chi connectivity index (χ1v) is 12.9. The van der Waals surface area contributed by atoms with Crippen LogP contribution in [-0.4, -0.2) is 65.7 Å². The number of likely N-dealkylation sites (tertiary alicyclic amines) is 1. The first-order valence-electron chi connectivity index (χ1n) is 12.9. The van der Waals surface area contributed by atoms with Gasteiger partial charge in [-0.2, -0.15) is 0 Å². The number of carbonyl (C=O) groups excluding carboxylic acids is 1. The van der Waals surface area contributed by atoms with Gasteiger partial charge < -0.3 is 20.1 Å². The molecule has 0 saturated carbocycles. The maximum absolute atomic E-state index is 12.3. The number of benzene rings is 1. The van der Waals surface area contributed by atoms with Crippen LogP contribution in [0.4, 0.5) is 10.5 Å². The van der Waals surface area contributed by atoms with Crippen LogP contribution >= 0.6 is 0 Å². The van der Waals surface area contributed by atoms with Gasteiger partial charge in [0, 0.05) is 68.7 Å². The van der Waals surface area contributed by atoms with Crippen LogP contribution in [-0.2, 0) is 6.54 Å². The summed E-state index contributed by atoms with van der Waals surface area (Å²) < 4.78 is 2.02. The Morgan fingerprint density at radius 3 is 2.68 bits per heavy atom. The first kappa shape index (κ1) is 21.9. The molecule has 2 amide bonds. The van der Waals surface area contributed by atoms with E-state index in [0.717, 1.165) is 44.3 Å². The van der Waals surface area contributed by atoms with E-state index in [1.807, 2.05) is 41.0 Å². The van der Waals surface area contributed by atoms with Crippen molar-refractivity contribution >= 4 is 11.7 Å². The second-order valence-corrected chi connectivity index (χ2v) is 10.8. The van der Waals surface area contributed by atoms with Gasteiger partial charge in [-0.15, -0.1) is 0 Å². The number of carbonyl (C=O) groups is 1.